The maximum absolute atomic E-state index is 5.39. The van der Waals surface area contributed by atoms with Crippen LogP contribution >= 0.6 is 0 Å². The lowest BCUT2D eigenvalue weighted by Crippen LogP contribution is -2.34. The third-order valence-electron chi connectivity index (χ3n) is 4.42. The zero-order chi connectivity index (χ0) is 13.2. The Labute approximate surface area is 111 Å². The van der Waals surface area contributed by atoms with Crippen molar-refractivity contribution < 1.29 is 4.74 Å². The van der Waals surface area contributed by atoms with E-state index < -0.39 is 0 Å². The van der Waals surface area contributed by atoms with Crippen LogP contribution in [-0.2, 0) is 5.41 Å². The number of benzene rings is 1. The van der Waals surface area contributed by atoms with Gasteiger partial charge in [0.2, 0.25) is 0 Å². The van der Waals surface area contributed by atoms with Crippen LogP contribution in [0.25, 0.3) is 0 Å². The Morgan fingerprint density at radius 1 is 1.44 bits per heavy atom. The van der Waals surface area contributed by atoms with Crippen LogP contribution in [-0.4, -0.2) is 32.1 Å². The molecule has 18 heavy (non-hydrogen) atoms. The normalized spacial score (nSPS) is 28.6. The first-order chi connectivity index (χ1) is 8.62. The van der Waals surface area contributed by atoms with Gasteiger partial charge in [-0.15, -0.1) is 0 Å². The van der Waals surface area contributed by atoms with E-state index >= 15 is 0 Å². The zero-order valence-electron chi connectivity index (χ0n) is 12.1. The quantitative estimate of drug-likeness (QED) is 0.809. The van der Waals surface area contributed by atoms with Gasteiger partial charge < -0.3 is 9.64 Å². The van der Waals surface area contributed by atoms with Gasteiger partial charge in [0.05, 0.1) is 7.11 Å². The smallest absolute Gasteiger partial charge is 0.119 e. The average molecular weight is 247 g/mol. The van der Waals surface area contributed by atoms with E-state index in [1.165, 1.54) is 24.9 Å². The van der Waals surface area contributed by atoms with E-state index in [2.05, 4.69) is 44.0 Å². The fourth-order valence-electron chi connectivity index (χ4n) is 3.57. The molecule has 1 aromatic rings. The van der Waals surface area contributed by atoms with Crippen molar-refractivity contribution in [2.45, 2.75) is 32.1 Å². The van der Waals surface area contributed by atoms with E-state index in [0.29, 0.717) is 11.3 Å². The van der Waals surface area contributed by atoms with Crippen LogP contribution in [0.4, 0.5) is 0 Å². The second kappa shape index (κ2) is 5.31. The number of hydrogen-bond donors (Lipinski definition) is 0. The fourth-order valence-corrected chi connectivity index (χ4v) is 3.57. The molecule has 2 unspecified atom stereocenters. The molecule has 2 nitrogen and oxygen atoms in total. The van der Waals surface area contributed by atoms with Crippen molar-refractivity contribution in [1.82, 2.24) is 4.90 Å². The van der Waals surface area contributed by atoms with Gasteiger partial charge in [-0.2, -0.15) is 0 Å². The van der Waals surface area contributed by atoms with Gasteiger partial charge in [0.1, 0.15) is 5.75 Å². The van der Waals surface area contributed by atoms with Crippen molar-refractivity contribution in [3.63, 3.8) is 0 Å². The average Bonchev–Trinajstić information content (AvgIpc) is 2.66. The highest BCUT2D eigenvalue weighted by Crippen LogP contribution is 2.43. The van der Waals surface area contributed by atoms with Gasteiger partial charge in [0, 0.05) is 18.5 Å². The maximum Gasteiger partial charge on any atom is 0.119 e. The van der Waals surface area contributed by atoms with Crippen LogP contribution < -0.4 is 4.74 Å². The van der Waals surface area contributed by atoms with Crippen molar-refractivity contribution in [3.8, 4) is 5.75 Å². The molecule has 2 atom stereocenters. The van der Waals surface area contributed by atoms with Crippen molar-refractivity contribution in [3.05, 3.63) is 29.8 Å². The fraction of sp³-hybridized carbons (Fsp3) is 0.625. The second-order valence-corrected chi connectivity index (χ2v) is 5.74. The molecule has 0 radical (unpaired) electrons. The molecular formula is C16H25NO. The topological polar surface area (TPSA) is 12.5 Å². The van der Waals surface area contributed by atoms with E-state index in [1.54, 1.807) is 7.11 Å². The van der Waals surface area contributed by atoms with Crippen molar-refractivity contribution >= 4 is 0 Å². The van der Waals surface area contributed by atoms with Crippen molar-refractivity contribution in [2.75, 3.05) is 27.2 Å². The Morgan fingerprint density at radius 2 is 2.22 bits per heavy atom. The Balaban J connectivity index is 2.40. The van der Waals surface area contributed by atoms with Gasteiger partial charge >= 0.3 is 0 Å². The summed E-state index contributed by atoms with van der Waals surface area (Å²) in [6.45, 7) is 7.03. The molecule has 1 aliphatic heterocycles. The first-order valence-electron chi connectivity index (χ1n) is 6.95. The monoisotopic (exact) mass is 247 g/mol. The molecule has 1 aliphatic rings. The molecule has 0 aliphatic carbocycles. The van der Waals surface area contributed by atoms with Crippen LogP contribution in [0.1, 0.15) is 32.3 Å². The minimum atomic E-state index is 0.304. The van der Waals surface area contributed by atoms with E-state index in [-0.39, 0.29) is 0 Å². The summed E-state index contributed by atoms with van der Waals surface area (Å²) in [6.07, 6.45) is 2.49. The molecule has 2 rings (SSSR count). The van der Waals surface area contributed by atoms with Gasteiger partial charge in [0.15, 0.2) is 0 Å². The standard InChI is InChI=1S/C16H25NO/c1-5-9-16(12-17(3)11-13(16)2)14-7-6-8-15(10-14)18-4/h6-8,10,13H,5,9,11-12H2,1-4H3. The van der Waals surface area contributed by atoms with E-state index in [4.69, 9.17) is 4.74 Å². The van der Waals surface area contributed by atoms with Crippen molar-refractivity contribution in [1.29, 1.82) is 0 Å². The van der Waals surface area contributed by atoms with Crippen molar-refractivity contribution in [2.24, 2.45) is 5.92 Å². The summed E-state index contributed by atoms with van der Waals surface area (Å²) >= 11 is 0. The van der Waals surface area contributed by atoms with Crippen LogP contribution in [0.15, 0.2) is 24.3 Å². The highest BCUT2D eigenvalue weighted by Gasteiger charge is 2.43. The molecule has 0 saturated carbocycles. The number of ether oxygens (including phenoxy) is 1. The lowest BCUT2D eigenvalue weighted by atomic mass is 9.70. The van der Waals surface area contributed by atoms with Gasteiger partial charge in [-0.05, 0) is 37.1 Å². The number of hydrogen-bond acceptors (Lipinski definition) is 2. The van der Waals surface area contributed by atoms with Crippen LogP contribution in [0.5, 0.6) is 5.75 Å². The number of rotatable bonds is 4. The molecule has 1 aromatic carbocycles. The van der Waals surface area contributed by atoms with Gasteiger partial charge in [0.25, 0.3) is 0 Å². The molecule has 0 N–H and O–H groups in total. The lowest BCUT2D eigenvalue weighted by Gasteiger charge is -2.34. The zero-order valence-corrected chi connectivity index (χ0v) is 12.1. The number of likely N-dealkylation sites (tertiary alicyclic amines) is 1. The van der Waals surface area contributed by atoms with Gasteiger partial charge in [-0.1, -0.05) is 32.4 Å². The summed E-state index contributed by atoms with van der Waals surface area (Å²) in [5.41, 5.74) is 1.75. The highest BCUT2D eigenvalue weighted by atomic mass is 16.5. The van der Waals surface area contributed by atoms with Crippen LogP contribution in [0.2, 0.25) is 0 Å². The van der Waals surface area contributed by atoms with E-state index in [0.717, 1.165) is 12.3 Å². The third kappa shape index (κ3) is 2.26. The first-order valence-corrected chi connectivity index (χ1v) is 6.95. The molecule has 0 spiro atoms. The molecule has 1 heterocycles. The van der Waals surface area contributed by atoms with E-state index in [1.807, 2.05) is 6.07 Å². The molecule has 0 aromatic heterocycles. The predicted octanol–water partition coefficient (Wildman–Crippen LogP) is 3.31. The minimum absolute atomic E-state index is 0.304. The molecule has 1 saturated heterocycles. The maximum atomic E-state index is 5.39. The largest absolute Gasteiger partial charge is 0.497 e. The SMILES string of the molecule is CCCC1(c2cccc(OC)c2)CN(C)CC1C. The number of nitrogens with zero attached hydrogens (tertiary/aromatic N) is 1. The minimum Gasteiger partial charge on any atom is -0.497 e. The molecule has 1 fully saturated rings. The summed E-state index contributed by atoms with van der Waals surface area (Å²) in [5, 5.41) is 0. The lowest BCUT2D eigenvalue weighted by molar-refractivity contribution is 0.321. The summed E-state index contributed by atoms with van der Waals surface area (Å²) < 4.78 is 5.39. The highest BCUT2D eigenvalue weighted by molar-refractivity contribution is 5.36. The molecule has 2 heteroatoms. The van der Waals surface area contributed by atoms with Crippen LogP contribution in [0.3, 0.4) is 0 Å². The second-order valence-electron chi connectivity index (χ2n) is 5.74. The van der Waals surface area contributed by atoms with Crippen LogP contribution in [0, 0.1) is 5.92 Å². The predicted molar refractivity (Wildman–Crippen MR) is 76.2 cm³/mol. The Bertz CT molecular complexity index is 404. The van der Waals surface area contributed by atoms with Gasteiger partial charge in [-0.25, -0.2) is 0 Å². The molecular weight excluding hydrogens is 222 g/mol. The molecule has 0 amide bonds. The van der Waals surface area contributed by atoms with Gasteiger partial charge in [-0.3, -0.25) is 0 Å². The summed E-state index contributed by atoms with van der Waals surface area (Å²) in [7, 11) is 3.98. The first kappa shape index (κ1) is 13.4. The Hall–Kier alpha value is -1.02. The third-order valence-corrected chi connectivity index (χ3v) is 4.42. The summed E-state index contributed by atoms with van der Waals surface area (Å²) in [4.78, 5) is 2.46. The summed E-state index contributed by atoms with van der Waals surface area (Å²) in [6, 6.07) is 8.66. The Morgan fingerprint density at radius 3 is 2.78 bits per heavy atom. The molecule has 0 bridgehead atoms. The molecule has 100 valence electrons. The Kier molecular flexibility index (Phi) is 3.96. The summed E-state index contributed by atoms with van der Waals surface area (Å²) in [5.74, 6) is 1.68. The number of methoxy groups -OCH3 is 1. The number of likely N-dealkylation sites (N-methyl/N-ethyl adjacent to an activating group) is 1. The van der Waals surface area contributed by atoms with E-state index in [9.17, 15) is 0 Å².